The van der Waals surface area contributed by atoms with Crippen LogP contribution in [0.1, 0.15) is 27.3 Å². The van der Waals surface area contributed by atoms with Gasteiger partial charge in [-0.1, -0.05) is 11.6 Å². The lowest BCUT2D eigenvalue weighted by molar-refractivity contribution is 0.0990. The molecule has 0 atom stereocenters. The highest BCUT2D eigenvalue weighted by molar-refractivity contribution is 6.32. The number of nitrogens with zero attached hydrogens (tertiary/aromatic N) is 3. The molecule has 2 rings (SSSR count). The van der Waals surface area contributed by atoms with E-state index in [2.05, 4.69) is 10.1 Å². The number of rotatable bonds is 3. The molecule has 4 nitrogen and oxygen atoms in total. The topological polar surface area (TPSA) is 47.8 Å². The van der Waals surface area contributed by atoms with Crippen molar-refractivity contribution in [1.29, 1.82) is 0 Å². The second kappa shape index (κ2) is 4.90. The molecule has 0 amide bonds. The maximum absolute atomic E-state index is 12.2. The van der Waals surface area contributed by atoms with Crippen molar-refractivity contribution in [3.63, 3.8) is 0 Å². The fourth-order valence-electron chi connectivity index (χ4n) is 1.91. The number of halogens is 1. The van der Waals surface area contributed by atoms with E-state index in [0.717, 1.165) is 17.0 Å². The SMILES string of the molecule is Cc1cnccc1C(=O)Cc1c(Cl)c(C)nn1C. The van der Waals surface area contributed by atoms with Gasteiger partial charge in [0.2, 0.25) is 0 Å². The number of aromatic nitrogens is 3. The Kier molecular flexibility index (Phi) is 3.48. The van der Waals surface area contributed by atoms with Gasteiger partial charge in [-0.3, -0.25) is 14.5 Å². The number of hydrogen-bond donors (Lipinski definition) is 0. The van der Waals surface area contributed by atoms with Crippen molar-refractivity contribution in [1.82, 2.24) is 14.8 Å². The van der Waals surface area contributed by atoms with E-state index < -0.39 is 0 Å². The van der Waals surface area contributed by atoms with Crippen LogP contribution in [-0.4, -0.2) is 20.5 Å². The summed E-state index contributed by atoms with van der Waals surface area (Å²) in [7, 11) is 1.79. The van der Waals surface area contributed by atoms with Crippen LogP contribution in [-0.2, 0) is 13.5 Å². The molecule has 0 saturated heterocycles. The third-order valence-electron chi connectivity index (χ3n) is 2.91. The van der Waals surface area contributed by atoms with Crippen molar-refractivity contribution in [2.75, 3.05) is 0 Å². The van der Waals surface area contributed by atoms with Gasteiger partial charge in [-0.25, -0.2) is 0 Å². The Bertz CT molecular complexity index is 604. The Morgan fingerprint density at radius 3 is 2.72 bits per heavy atom. The second-order valence-electron chi connectivity index (χ2n) is 4.26. The van der Waals surface area contributed by atoms with Gasteiger partial charge < -0.3 is 0 Å². The highest BCUT2D eigenvalue weighted by atomic mass is 35.5. The van der Waals surface area contributed by atoms with Gasteiger partial charge in [0.1, 0.15) is 0 Å². The number of pyridine rings is 1. The first-order valence-electron chi connectivity index (χ1n) is 5.62. The monoisotopic (exact) mass is 263 g/mol. The van der Waals surface area contributed by atoms with Crippen molar-refractivity contribution in [3.05, 3.63) is 46.0 Å². The van der Waals surface area contributed by atoms with E-state index >= 15 is 0 Å². The summed E-state index contributed by atoms with van der Waals surface area (Å²) in [6.45, 7) is 3.70. The lowest BCUT2D eigenvalue weighted by atomic mass is 10.0. The van der Waals surface area contributed by atoms with Crippen molar-refractivity contribution < 1.29 is 4.79 Å². The molecule has 2 heterocycles. The first-order valence-corrected chi connectivity index (χ1v) is 6.00. The third kappa shape index (κ3) is 2.29. The van der Waals surface area contributed by atoms with Crippen molar-refractivity contribution in [2.24, 2.45) is 7.05 Å². The molecular formula is C13H14ClN3O. The fraction of sp³-hybridized carbons (Fsp3) is 0.308. The van der Waals surface area contributed by atoms with Crippen LogP contribution in [0.3, 0.4) is 0 Å². The molecule has 5 heteroatoms. The van der Waals surface area contributed by atoms with E-state index in [1.807, 2.05) is 13.8 Å². The lowest BCUT2D eigenvalue weighted by Gasteiger charge is -2.05. The Hall–Kier alpha value is -1.68. The van der Waals surface area contributed by atoms with E-state index in [1.54, 1.807) is 30.2 Å². The van der Waals surface area contributed by atoms with E-state index in [4.69, 9.17) is 11.6 Å². The predicted octanol–water partition coefficient (Wildman–Crippen LogP) is 2.51. The molecule has 94 valence electrons. The van der Waals surface area contributed by atoms with Crippen LogP contribution in [0, 0.1) is 13.8 Å². The van der Waals surface area contributed by atoms with Gasteiger partial charge >= 0.3 is 0 Å². The van der Waals surface area contributed by atoms with Crippen molar-refractivity contribution >= 4 is 17.4 Å². The van der Waals surface area contributed by atoms with Crippen molar-refractivity contribution in [3.8, 4) is 0 Å². The van der Waals surface area contributed by atoms with E-state index in [1.165, 1.54) is 0 Å². The maximum atomic E-state index is 12.2. The van der Waals surface area contributed by atoms with Crippen LogP contribution in [0.5, 0.6) is 0 Å². The first kappa shape index (κ1) is 12.8. The molecule has 0 N–H and O–H groups in total. The minimum absolute atomic E-state index is 0.0276. The van der Waals surface area contributed by atoms with Crippen LogP contribution >= 0.6 is 11.6 Å². The van der Waals surface area contributed by atoms with Crippen LogP contribution in [0.25, 0.3) is 0 Å². The van der Waals surface area contributed by atoms with Gasteiger partial charge in [-0.2, -0.15) is 5.10 Å². The zero-order valence-electron chi connectivity index (χ0n) is 10.6. The van der Waals surface area contributed by atoms with Crippen LogP contribution < -0.4 is 0 Å². The molecule has 0 aliphatic carbocycles. The summed E-state index contributed by atoms with van der Waals surface area (Å²) in [5, 5.41) is 4.77. The number of hydrogen-bond acceptors (Lipinski definition) is 3. The van der Waals surface area contributed by atoms with Gasteiger partial charge in [0.05, 0.1) is 22.8 Å². The van der Waals surface area contributed by atoms with E-state index in [-0.39, 0.29) is 12.2 Å². The normalized spacial score (nSPS) is 10.7. The molecule has 0 bridgehead atoms. The van der Waals surface area contributed by atoms with Crippen LogP contribution in [0.2, 0.25) is 5.02 Å². The molecule has 18 heavy (non-hydrogen) atoms. The smallest absolute Gasteiger partial charge is 0.169 e. The Morgan fingerprint density at radius 2 is 2.17 bits per heavy atom. The number of carbonyl (C=O) groups is 1. The standard InChI is InChI=1S/C13H14ClN3O/c1-8-7-15-5-4-10(8)12(18)6-11-13(14)9(2)16-17(11)3/h4-5,7H,6H2,1-3H3. The maximum Gasteiger partial charge on any atom is 0.169 e. The minimum atomic E-state index is 0.0276. The van der Waals surface area contributed by atoms with Gasteiger partial charge in [0, 0.05) is 25.0 Å². The number of aryl methyl sites for hydroxylation is 3. The van der Waals surface area contributed by atoms with Crippen molar-refractivity contribution in [2.45, 2.75) is 20.3 Å². The molecule has 2 aromatic heterocycles. The zero-order valence-corrected chi connectivity index (χ0v) is 11.3. The summed E-state index contributed by atoms with van der Waals surface area (Å²) in [5.41, 5.74) is 3.04. The molecule has 0 aliphatic heterocycles. The number of Topliss-reactive ketones (excluding diaryl/α,β-unsaturated/α-hetero) is 1. The molecule has 0 fully saturated rings. The summed E-state index contributed by atoms with van der Waals surface area (Å²) < 4.78 is 1.66. The van der Waals surface area contributed by atoms with Crippen LogP contribution in [0.15, 0.2) is 18.5 Å². The minimum Gasteiger partial charge on any atom is -0.294 e. The summed E-state index contributed by atoms with van der Waals surface area (Å²) in [5.74, 6) is 0.0276. The van der Waals surface area contributed by atoms with Gasteiger partial charge in [-0.15, -0.1) is 0 Å². The highest BCUT2D eigenvalue weighted by Crippen LogP contribution is 2.21. The molecule has 0 saturated carbocycles. The Balaban J connectivity index is 2.30. The van der Waals surface area contributed by atoms with Gasteiger partial charge in [-0.05, 0) is 25.5 Å². The predicted molar refractivity (Wildman–Crippen MR) is 70.0 cm³/mol. The molecular weight excluding hydrogens is 250 g/mol. The first-order chi connectivity index (χ1) is 8.50. The molecule has 0 aliphatic rings. The van der Waals surface area contributed by atoms with Gasteiger partial charge in [0.25, 0.3) is 0 Å². The molecule has 0 spiro atoms. The number of carbonyl (C=O) groups excluding carboxylic acids is 1. The van der Waals surface area contributed by atoms with Gasteiger partial charge in [0.15, 0.2) is 5.78 Å². The van der Waals surface area contributed by atoms with E-state index in [0.29, 0.717) is 10.6 Å². The average Bonchev–Trinajstić information content (AvgIpc) is 2.56. The summed E-state index contributed by atoms with van der Waals surface area (Å²) >= 11 is 6.14. The number of ketones is 1. The average molecular weight is 264 g/mol. The molecule has 0 unspecified atom stereocenters. The molecule has 2 aromatic rings. The summed E-state index contributed by atoms with van der Waals surface area (Å²) in [6, 6.07) is 1.73. The lowest BCUT2D eigenvalue weighted by Crippen LogP contribution is -2.09. The highest BCUT2D eigenvalue weighted by Gasteiger charge is 2.17. The fourth-order valence-corrected chi connectivity index (χ4v) is 2.13. The largest absolute Gasteiger partial charge is 0.294 e. The third-order valence-corrected chi connectivity index (χ3v) is 3.40. The Morgan fingerprint density at radius 1 is 1.44 bits per heavy atom. The zero-order chi connectivity index (χ0) is 13.3. The van der Waals surface area contributed by atoms with Crippen LogP contribution in [0.4, 0.5) is 0 Å². The summed E-state index contributed by atoms with van der Waals surface area (Å²) in [4.78, 5) is 16.2. The summed E-state index contributed by atoms with van der Waals surface area (Å²) in [6.07, 6.45) is 3.56. The van der Waals surface area contributed by atoms with E-state index in [9.17, 15) is 4.79 Å². The molecule has 0 radical (unpaired) electrons. The Labute approximate surface area is 111 Å². The quantitative estimate of drug-likeness (QED) is 0.800. The molecule has 0 aromatic carbocycles. The second-order valence-corrected chi connectivity index (χ2v) is 4.64.